The minimum Gasteiger partial charge on any atom is -0.391 e. The van der Waals surface area contributed by atoms with Crippen molar-refractivity contribution in [3.63, 3.8) is 0 Å². The number of hydrogen-bond donors (Lipinski definition) is 1. The summed E-state index contributed by atoms with van der Waals surface area (Å²) in [7, 11) is 4.04. The monoisotopic (exact) mass is 268 g/mol. The van der Waals surface area contributed by atoms with Gasteiger partial charge in [0.15, 0.2) is 0 Å². The molecule has 0 amide bonds. The lowest BCUT2D eigenvalue weighted by molar-refractivity contribution is 0.275. The lowest BCUT2D eigenvalue weighted by Crippen LogP contribution is -2.35. The van der Waals surface area contributed by atoms with Gasteiger partial charge in [0.05, 0.1) is 6.61 Å². The van der Waals surface area contributed by atoms with Crippen LogP contribution in [0, 0.1) is 11.7 Å². The van der Waals surface area contributed by atoms with E-state index >= 15 is 0 Å². The maximum absolute atomic E-state index is 13.8. The van der Waals surface area contributed by atoms with E-state index in [1.807, 2.05) is 20.2 Å². The van der Waals surface area contributed by atoms with Gasteiger partial charge >= 0.3 is 0 Å². The summed E-state index contributed by atoms with van der Waals surface area (Å²) in [6.07, 6.45) is 0. The Kier molecular flexibility index (Phi) is 6.25. The molecule has 0 bridgehead atoms. The first-order valence-corrected chi connectivity index (χ1v) is 6.73. The smallest absolute Gasteiger partial charge is 0.130 e. The molecule has 1 rings (SSSR count). The highest BCUT2D eigenvalue weighted by atomic mass is 19.1. The first-order valence-electron chi connectivity index (χ1n) is 6.73. The van der Waals surface area contributed by atoms with E-state index in [2.05, 4.69) is 23.6 Å². The maximum Gasteiger partial charge on any atom is 0.130 e. The Hall–Kier alpha value is -1.13. The molecule has 4 heteroatoms. The van der Waals surface area contributed by atoms with Gasteiger partial charge in [0.1, 0.15) is 5.82 Å². The third kappa shape index (κ3) is 4.80. The number of hydrogen-bond acceptors (Lipinski definition) is 3. The Morgan fingerprint density at radius 3 is 2.42 bits per heavy atom. The van der Waals surface area contributed by atoms with Crippen LogP contribution in [0.2, 0.25) is 0 Å². The Morgan fingerprint density at radius 2 is 1.89 bits per heavy atom. The summed E-state index contributed by atoms with van der Waals surface area (Å²) in [5, 5.41) is 9.38. The van der Waals surface area contributed by atoms with Crippen LogP contribution in [-0.2, 0) is 6.61 Å². The van der Waals surface area contributed by atoms with Crippen LogP contribution in [0.1, 0.15) is 19.4 Å². The molecule has 0 fully saturated rings. The highest BCUT2D eigenvalue weighted by molar-refractivity contribution is 5.54. The van der Waals surface area contributed by atoms with Crippen molar-refractivity contribution in [3.05, 3.63) is 29.6 Å². The van der Waals surface area contributed by atoms with Crippen molar-refractivity contribution in [1.82, 2.24) is 4.90 Å². The Balaban J connectivity index is 2.98. The molecular formula is C15H25FN2O. The number of aliphatic hydroxyl groups is 1. The summed E-state index contributed by atoms with van der Waals surface area (Å²) >= 11 is 0. The number of rotatable bonds is 7. The van der Waals surface area contributed by atoms with Crippen LogP contribution >= 0.6 is 0 Å². The van der Waals surface area contributed by atoms with Crippen LogP contribution in [0.5, 0.6) is 0 Å². The zero-order chi connectivity index (χ0) is 14.4. The lowest BCUT2D eigenvalue weighted by atomic mass is 10.1. The van der Waals surface area contributed by atoms with E-state index in [-0.39, 0.29) is 12.4 Å². The quantitative estimate of drug-likeness (QED) is 0.822. The van der Waals surface area contributed by atoms with Crippen LogP contribution in [0.15, 0.2) is 18.2 Å². The van der Waals surface area contributed by atoms with Crippen LogP contribution in [-0.4, -0.2) is 43.7 Å². The second-order valence-corrected chi connectivity index (χ2v) is 5.54. The SMILES string of the molecule is CC(C)CN(CCN(C)C)c1cccc(F)c1CO. The Labute approximate surface area is 115 Å². The van der Waals surface area contributed by atoms with Crippen LogP contribution < -0.4 is 4.90 Å². The predicted molar refractivity (Wildman–Crippen MR) is 77.9 cm³/mol. The molecule has 0 saturated heterocycles. The number of aliphatic hydroxyl groups excluding tert-OH is 1. The molecule has 0 aliphatic rings. The Bertz CT molecular complexity index is 394. The van der Waals surface area contributed by atoms with Crippen molar-refractivity contribution in [2.45, 2.75) is 20.5 Å². The molecule has 0 saturated carbocycles. The zero-order valence-corrected chi connectivity index (χ0v) is 12.4. The predicted octanol–water partition coefficient (Wildman–Crippen LogP) is 2.34. The lowest BCUT2D eigenvalue weighted by Gasteiger charge is -2.29. The van der Waals surface area contributed by atoms with Gasteiger partial charge < -0.3 is 14.9 Å². The first-order chi connectivity index (χ1) is 8.95. The molecule has 0 radical (unpaired) electrons. The molecule has 0 unspecified atom stereocenters. The highest BCUT2D eigenvalue weighted by Gasteiger charge is 2.15. The van der Waals surface area contributed by atoms with E-state index in [1.165, 1.54) is 6.07 Å². The second-order valence-electron chi connectivity index (χ2n) is 5.54. The fourth-order valence-corrected chi connectivity index (χ4v) is 2.07. The zero-order valence-electron chi connectivity index (χ0n) is 12.4. The van der Waals surface area contributed by atoms with Crippen molar-refractivity contribution in [3.8, 4) is 0 Å². The van der Waals surface area contributed by atoms with Crippen molar-refractivity contribution in [2.75, 3.05) is 38.6 Å². The van der Waals surface area contributed by atoms with E-state index in [4.69, 9.17) is 0 Å². The number of anilines is 1. The fraction of sp³-hybridized carbons (Fsp3) is 0.600. The van der Waals surface area contributed by atoms with Gasteiger partial charge in [-0.05, 0) is 32.1 Å². The molecule has 108 valence electrons. The number of likely N-dealkylation sites (N-methyl/N-ethyl adjacent to an activating group) is 1. The molecule has 0 aromatic heterocycles. The molecular weight excluding hydrogens is 243 g/mol. The van der Waals surface area contributed by atoms with Crippen molar-refractivity contribution < 1.29 is 9.50 Å². The van der Waals surface area contributed by atoms with Crippen molar-refractivity contribution in [1.29, 1.82) is 0 Å². The van der Waals surface area contributed by atoms with E-state index in [1.54, 1.807) is 6.07 Å². The molecule has 0 aliphatic carbocycles. The van der Waals surface area contributed by atoms with Crippen LogP contribution in [0.4, 0.5) is 10.1 Å². The summed E-state index contributed by atoms with van der Waals surface area (Å²) in [5.74, 6) is 0.149. The molecule has 0 spiro atoms. The third-order valence-corrected chi connectivity index (χ3v) is 3.00. The summed E-state index contributed by atoms with van der Waals surface area (Å²) in [5.41, 5.74) is 1.19. The summed E-state index contributed by atoms with van der Waals surface area (Å²) in [6.45, 7) is 6.58. The van der Waals surface area contributed by atoms with Crippen LogP contribution in [0.25, 0.3) is 0 Å². The molecule has 1 aromatic rings. The minimum atomic E-state index is -0.335. The summed E-state index contributed by atoms with van der Waals surface area (Å²) < 4.78 is 13.8. The van der Waals surface area contributed by atoms with Gasteiger partial charge in [0.25, 0.3) is 0 Å². The highest BCUT2D eigenvalue weighted by Crippen LogP contribution is 2.24. The Morgan fingerprint density at radius 1 is 1.21 bits per heavy atom. The average Bonchev–Trinajstić information content (AvgIpc) is 2.33. The van der Waals surface area contributed by atoms with E-state index in [0.29, 0.717) is 11.5 Å². The standard InChI is InChI=1S/C15H25FN2O/c1-12(2)10-18(9-8-17(3)4)15-7-5-6-14(16)13(15)11-19/h5-7,12,19H,8-11H2,1-4H3. The van der Waals surface area contributed by atoms with Gasteiger partial charge in [0, 0.05) is 30.9 Å². The first kappa shape index (κ1) is 15.9. The van der Waals surface area contributed by atoms with Gasteiger partial charge in [-0.25, -0.2) is 4.39 Å². The average molecular weight is 268 g/mol. The number of benzene rings is 1. The molecule has 0 heterocycles. The normalized spacial score (nSPS) is 11.4. The maximum atomic E-state index is 13.8. The third-order valence-electron chi connectivity index (χ3n) is 3.00. The topological polar surface area (TPSA) is 26.7 Å². The molecule has 19 heavy (non-hydrogen) atoms. The van der Waals surface area contributed by atoms with E-state index in [9.17, 15) is 9.50 Å². The molecule has 1 aromatic carbocycles. The van der Waals surface area contributed by atoms with Gasteiger partial charge in [-0.1, -0.05) is 19.9 Å². The summed E-state index contributed by atoms with van der Waals surface area (Å²) in [4.78, 5) is 4.25. The molecule has 1 N–H and O–H groups in total. The largest absolute Gasteiger partial charge is 0.391 e. The number of halogens is 1. The van der Waals surface area contributed by atoms with Gasteiger partial charge in [-0.2, -0.15) is 0 Å². The van der Waals surface area contributed by atoms with Crippen molar-refractivity contribution in [2.24, 2.45) is 5.92 Å². The minimum absolute atomic E-state index is 0.265. The molecule has 0 atom stereocenters. The van der Waals surface area contributed by atoms with E-state index < -0.39 is 0 Å². The summed E-state index contributed by atoms with van der Waals surface area (Å²) in [6, 6.07) is 4.98. The van der Waals surface area contributed by atoms with Gasteiger partial charge in [0.2, 0.25) is 0 Å². The van der Waals surface area contributed by atoms with Gasteiger partial charge in [-0.3, -0.25) is 0 Å². The van der Waals surface area contributed by atoms with E-state index in [0.717, 1.165) is 25.3 Å². The molecule has 3 nitrogen and oxygen atoms in total. The fourth-order valence-electron chi connectivity index (χ4n) is 2.07. The van der Waals surface area contributed by atoms with Crippen molar-refractivity contribution >= 4 is 5.69 Å². The van der Waals surface area contributed by atoms with Crippen LogP contribution in [0.3, 0.4) is 0 Å². The molecule has 0 aliphatic heterocycles. The second kappa shape index (κ2) is 7.46. The van der Waals surface area contributed by atoms with Gasteiger partial charge in [-0.15, -0.1) is 0 Å². The number of nitrogens with zero attached hydrogens (tertiary/aromatic N) is 2.